The van der Waals surface area contributed by atoms with Crippen molar-refractivity contribution in [2.75, 3.05) is 0 Å². The number of aryl methyl sites for hydroxylation is 2. The minimum absolute atomic E-state index is 0.150. The first-order chi connectivity index (χ1) is 15.7. The Morgan fingerprint density at radius 1 is 0.719 bits per heavy atom. The summed E-state index contributed by atoms with van der Waals surface area (Å²) in [5.74, 6) is 6.30. The first-order valence-corrected chi connectivity index (χ1v) is 11.8. The van der Waals surface area contributed by atoms with E-state index in [1.165, 1.54) is 18.4 Å². The average Bonchev–Trinajstić information content (AvgIpc) is 2.82. The molecule has 0 spiro atoms. The van der Waals surface area contributed by atoms with Gasteiger partial charge in [0.05, 0.1) is 0 Å². The van der Waals surface area contributed by atoms with E-state index in [4.69, 9.17) is 0 Å². The van der Waals surface area contributed by atoms with E-state index >= 15 is 0 Å². The highest BCUT2D eigenvalue weighted by Crippen LogP contribution is 2.24. The van der Waals surface area contributed by atoms with E-state index < -0.39 is 0 Å². The standard InChI is InChI=1S/C31H33F/c1-3-5-7-9-10-25-12-14-26(15-13-25)16-17-27-18-21-29(22-19-27)30-23-20-28(24-31(30)32)11-8-6-4-2/h5,7,12-15,18-24H,3-4,6,8-11H2,1-2H3/b7-5+. The monoisotopic (exact) mass is 424 g/mol. The van der Waals surface area contributed by atoms with E-state index in [0.717, 1.165) is 54.4 Å². The second-order valence-corrected chi connectivity index (χ2v) is 8.21. The van der Waals surface area contributed by atoms with E-state index in [0.29, 0.717) is 5.56 Å². The number of benzene rings is 3. The van der Waals surface area contributed by atoms with Crippen LogP contribution in [0.15, 0.2) is 78.9 Å². The van der Waals surface area contributed by atoms with E-state index in [9.17, 15) is 4.39 Å². The van der Waals surface area contributed by atoms with Gasteiger partial charge < -0.3 is 0 Å². The number of hydrogen-bond donors (Lipinski definition) is 0. The smallest absolute Gasteiger partial charge is 0.131 e. The van der Waals surface area contributed by atoms with Crippen LogP contribution in [-0.2, 0) is 12.8 Å². The van der Waals surface area contributed by atoms with E-state index in [-0.39, 0.29) is 5.82 Å². The van der Waals surface area contributed by atoms with E-state index in [2.05, 4.69) is 62.1 Å². The van der Waals surface area contributed by atoms with Gasteiger partial charge in [0.15, 0.2) is 0 Å². The van der Waals surface area contributed by atoms with Crippen LogP contribution in [0.1, 0.15) is 68.2 Å². The maximum absolute atomic E-state index is 14.6. The van der Waals surface area contributed by atoms with Crippen molar-refractivity contribution in [2.24, 2.45) is 0 Å². The van der Waals surface area contributed by atoms with Crippen LogP contribution < -0.4 is 0 Å². The molecular weight excluding hydrogens is 391 g/mol. The molecule has 0 unspecified atom stereocenters. The van der Waals surface area contributed by atoms with Gasteiger partial charge in [-0.1, -0.05) is 87.1 Å². The molecule has 0 N–H and O–H groups in total. The molecule has 0 fully saturated rings. The van der Waals surface area contributed by atoms with E-state index in [1.54, 1.807) is 6.07 Å². The number of hydrogen-bond acceptors (Lipinski definition) is 0. The summed E-state index contributed by atoms with van der Waals surface area (Å²) in [6.07, 6.45) is 12.1. The lowest BCUT2D eigenvalue weighted by molar-refractivity contribution is 0.626. The molecule has 0 aliphatic carbocycles. The molecule has 0 radical (unpaired) electrons. The summed E-state index contributed by atoms with van der Waals surface area (Å²) in [6.45, 7) is 4.34. The molecule has 0 saturated carbocycles. The maximum atomic E-state index is 14.6. The van der Waals surface area contributed by atoms with Crippen LogP contribution in [0, 0.1) is 17.7 Å². The van der Waals surface area contributed by atoms with Crippen LogP contribution in [0.2, 0.25) is 0 Å². The quantitative estimate of drug-likeness (QED) is 0.183. The largest absolute Gasteiger partial charge is 0.206 e. The maximum Gasteiger partial charge on any atom is 0.131 e. The molecule has 0 saturated heterocycles. The van der Waals surface area contributed by atoms with Crippen molar-refractivity contribution in [3.05, 3.63) is 107 Å². The lowest BCUT2D eigenvalue weighted by Crippen LogP contribution is -1.90. The number of halogens is 1. The van der Waals surface area contributed by atoms with Crippen LogP contribution in [-0.4, -0.2) is 0 Å². The third-order valence-electron chi connectivity index (χ3n) is 5.61. The fourth-order valence-electron chi connectivity index (χ4n) is 3.69. The molecule has 0 aliphatic rings. The van der Waals surface area contributed by atoms with Crippen molar-refractivity contribution in [1.29, 1.82) is 0 Å². The highest BCUT2D eigenvalue weighted by molar-refractivity contribution is 5.65. The zero-order valence-corrected chi connectivity index (χ0v) is 19.3. The van der Waals surface area contributed by atoms with Gasteiger partial charge >= 0.3 is 0 Å². The Morgan fingerprint density at radius 3 is 2.00 bits per heavy atom. The minimum atomic E-state index is -0.150. The zero-order chi connectivity index (χ0) is 22.6. The second kappa shape index (κ2) is 12.7. The van der Waals surface area contributed by atoms with Crippen LogP contribution in [0.5, 0.6) is 0 Å². The lowest BCUT2D eigenvalue weighted by atomic mass is 9.99. The molecule has 0 atom stereocenters. The van der Waals surface area contributed by atoms with Gasteiger partial charge in [-0.25, -0.2) is 4.39 Å². The molecule has 3 aromatic carbocycles. The third-order valence-corrected chi connectivity index (χ3v) is 5.61. The molecule has 3 rings (SSSR count). The van der Waals surface area contributed by atoms with E-state index in [1.807, 2.05) is 36.4 Å². The van der Waals surface area contributed by atoms with Gasteiger partial charge in [-0.05, 0) is 79.1 Å². The fraction of sp³-hybridized carbons (Fsp3) is 0.290. The van der Waals surface area contributed by atoms with Gasteiger partial charge in [0.1, 0.15) is 5.82 Å². The van der Waals surface area contributed by atoms with Gasteiger partial charge in [0.25, 0.3) is 0 Å². The predicted octanol–water partition coefficient (Wildman–Crippen LogP) is 8.52. The molecule has 164 valence electrons. The Hall–Kier alpha value is -3.11. The SMILES string of the molecule is CC/C=C/CCc1ccc(C#Cc2ccc(-c3ccc(CCCCC)cc3F)cc2)cc1. The Kier molecular flexibility index (Phi) is 9.33. The Balaban J connectivity index is 1.62. The van der Waals surface area contributed by atoms with Crippen molar-refractivity contribution in [1.82, 2.24) is 0 Å². The molecule has 0 nitrogen and oxygen atoms in total. The molecule has 32 heavy (non-hydrogen) atoms. The van der Waals surface area contributed by atoms with Gasteiger partial charge in [-0.15, -0.1) is 0 Å². The Labute approximate surface area is 193 Å². The summed E-state index contributed by atoms with van der Waals surface area (Å²) in [5.41, 5.74) is 5.87. The van der Waals surface area contributed by atoms with Crippen LogP contribution in [0.25, 0.3) is 11.1 Å². The van der Waals surface area contributed by atoms with Crippen molar-refractivity contribution < 1.29 is 4.39 Å². The first kappa shape index (κ1) is 23.6. The highest BCUT2D eigenvalue weighted by Gasteiger charge is 2.06. The van der Waals surface area contributed by atoms with Gasteiger partial charge in [0, 0.05) is 16.7 Å². The molecule has 0 aromatic heterocycles. The van der Waals surface area contributed by atoms with Gasteiger partial charge in [-0.3, -0.25) is 0 Å². The van der Waals surface area contributed by atoms with Crippen LogP contribution in [0.4, 0.5) is 4.39 Å². The minimum Gasteiger partial charge on any atom is -0.206 e. The molecular formula is C31H33F. The van der Waals surface area contributed by atoms with Gasteiger partial charge in [-0.2, -0.15) is 0 Å². The summed E-state index contributed by atoms with van der Waals surface area (Å²) in [7, 11) is 0. The predicted molar refractivity (Wildman–Crippen MR) is 135 cm³/mol. The normalized spacial score (nSPS) is 10.8. The summed E-state index contributed by atoms with van der Waals surface area (Å²) in [4.78, 5) is 0. The number of unbranched alkanes of at least 4 members (excludes halogenated alkanes) is 2. The zero-order valence-electron chi connectivity index (χ0n) is 19.3. The average molecular weight is 425 g/mol. The summed E-state index contributed by atoms with van der Waals surface area (Å²) in [5, 5.41) is 0. The molecule has 0 amide bonds. The van der Waals surface area contributed by atoms with Gasteiger partial charge in [0.2, 0.25) is 0 Å². The Bertz CT molecular complexity index is 1060. The number of allylic oxidation sites excluding steroid dienone is 2. The van der Waals surface area contributed by atoms with Crippen molar-refractivity contribution in [2.45, 2.75) is 58.8 Å². The first-order valence-electron chi connectivity index (χ1n) is 11.8. The molecule has 1 heteroatoms. The Morgan fingerprint density at radius 2 is 1.38 bits per heavy atom. The molecule has 0 heterocycles. The molecule has 0 bridgehead atoms. The number of rotatable bonds is 9. The summed E-state index contributed by atoms with van der Waals surface area (Å²) in [6, 6.07) is 21.9. The fourth-order valence-corrected chi connectivity index (χ4v) is 3.69. The molecule has 0 aliphatic heterocycles. The van der Waals surface area contributed by atoms with Crippen LogP contribution >= 0.6 is 0 Å². The molecule has 3 aromatic rings. The second-order valence-electron chi connectivity index (χ2n) is 8.21. The van der Waals surface area contributed by atoms with Crippen molar-refractivity contribution in [3.63, 3.8) is 0 Å². The topological polar surface area (TPSA) is 0 Å². The summed E-state index contributed by atoms with van der Waals surface area (Å²) < 4.78 is 14.6. The third kappa shape index (κ3) is 7.24. The highest BCUT2D eigenvalue weighted by atomic mass is 19.1. The van der Waals surface area contributed by atoms with Crippen molar-refractivity contribution in [3.8, 4) is 23.0 Å². The lowest BCUT2D eigenvalue weighted by Gasteiger charge is -2.07. The summed E-state index contributed by atoms with van der Waals surface area (Å²) >= 11 is 0. The van der Waals surface area contributed by atoms with Crippen LogP contribution in [0.3, 0.4) is 0 Å². The van der Waals surface area contributed by atoms with Crippen molar-refractivity contribution >= 4 is 0 Å².